The van der Waals surface area contributed by atoms with Crippen molar-refractivity contribution < 1.29 is 9.53 Å². The van der Waals surface area contributed by atoms with E-state index in [-0.39, 0.29) is 6.09 Å². The van der Waals surface area contributed by atoms with Crippen LogP contribution in [-0.4, -0.2) is 43.9 Å². The topological polar surface area (TPSA) is 62.4 Å². The molecule has 106 valence electrons. The third-order valence-corrected chi connectivity index (χ3v) is 2.75. The summed E-state index contributed by atoms with van der Waals surface area (Å²) in [7, 11) is 0. The molecule has 1 fully saturated rings. The molecule has 5 nitrogen and oxygen atoms in total. The zero-order chi connectivity index (χ0) is 13.4. The van der Waals surface area contributed by atoms with E-state index >= 15 is 0 Å². The first-order valence-electron chi connectivity index (χ1n) is 6.88. The van der Waals surface area contributed by atoms with Gasteiger partial charge in [0.05, 0.1) is 0 Å². The minimum Gasteiger partial charge on any atom is -0.444 e. The van der Waals surface area contributed by atoms with Gasteiger partial charge < -0.3 is 20.7 Å². The molecular weight excluding hydrogens is 230 g/mol. The summed E-state index contributed by atoms with van der Waals surface area (Å²) in [6.07, 6.45) is 3.14. The van der Waals surface area contributed by atoms with E-state index in [9.17, 15) is 4.79 Å². The fourth-order valence-corrected chi connectivity index (χ4v) is 1.93. The van der Waals surface area contributed by atoms with Crippen molar-refractivity contribution in [2.24, 2.45) is 0 Å². The maximum Gasteiger partial charge on any atom is 0.407 e. The Hall–Kier alpha value is -0.810. The summed E-state index contributed by atoms with van der Waals surface area (Å²) >= 11 is 0. The standard InChI is InChI=1S/C13H27N3O2/c1-13(2,3)18-12(17)16-9-5-7-14-10-11-6-4-8-15-11/h11,14-15H,4-10H2,1-3H3,(H,16,17). The van der Waals surface area contributed by atoms with Gasteiger partial charge in [-0.3, -0.25) is 0 Å². The molecule has 1 rings (SSSR count). The van der Waals surface area contributed by atoms with Crippen molar-refractivity contribution in [3.8, 4) is 0 Å². The zero-order valence-electron chi connectivity index (χ0n) is 11.8. The average Bonchev–Trinajstić information content (AvgIpc) is 2.73. The molecule has 1 heterocycles. The molecule has 1 amide bonds. The number of rotatable bonds is 6. The molecule has 1 unspecified atom stereocenters. The Bertz CT molecular complexity index is 245. The van der Waals surface area contributed by atoms with Gasteiger partial charge >= 0.3 is 6.09 Å². The molecule has 0 aromatic rings. The Labute approximate surface area is 110 Å². The van der Waals surface area contributed by atoms with E-state index < -0.39 is 5.60 Å². The molecule has 0 bridgehead atoms. The summed E-state index contributed by atoms with van der Waals surface area (Å²) in [6.45, 7) is 9.33. The molecule has 0 aromatic carbocycles. The summed E-state index contributed by atoms with van der Waals surface area (Å²) in [5, 5.41) is 9.58. The third-order valence-electron chi connectivity index (χ3n) is 2.75. The van der Waals surface area contributed by atoms with Crippen LogP contribution in [0.1, 0.15) is 40.0 Å². The van der Waals surface area contributed by atoms with Gasteiger partial charge in [0.25, 0.3) is 0 Å². The number of hydrogen-bond acceptors (Lipinski definition) is 4. The number of hydrogen-bond donors (Lipinski definition) is 3. The van der Waals surface area contributed by atoms with Crippen LogP contribution in [0.15, 0.2) is 0 Å². The smallest absolute Gasteiger partial charge is 0.407 e. The van der Waals surface area contributed by atoms with Gasteiger partial charge in [-0.1, -0.05) is 0 Å². The highest BCUT2D eigenvalue weighted by molar-refractivity contribution is 5.67. The molecule has 1 saturated heterocycles. The fraction of sp³-hybridized carbons (Fsp3) is 0.923. The van der Waals surface area contributed by atoms with Crippen LogP contribution in [0.4, 0.5) is 4.79 Å². The maximum absolute atomic E-state index is 11.3. The number of carbonyl (C=O) groups excluding carboxylic acids is 1. The number of carbonyl (C=O) groups is 1. The van der Waals surface area contributed by atoms with Crippen LogP contribution in [0.25, 0.3) is 0 Å². The maximum atomic E-state index is 11.3. The Morgan fingerprint density at radius 3 is 2.78 bits per heavy atom. The highest BCUT2D eigenvalue weighted by atomic mass is 16.6. The lowest BCUT2D eigenvalue weighted by Crippen LogP contribution is -2.36. The van der Waals surface area contributed by atoms with E-state index in [2.05, 4.69) is 16.0 Å². The second-order valence-corrected chi connectivity index (χ2v) is 5.78. The summed E-state index contributed by atoms with van der Waals surface area (Å²) in [5.74, 6) is 0. The van der Waals surface area contributed by atoms with Crippen molar-refractivity contribution in [3.05, 3.63) is 0 Å². The van der Waals surface area contributed by atoms with Crippen LogP contribution in [-0.2, 0) is 4.74 Å². The van der Waals surface area contributed by atoms with Crippen LogP contribution in [0, 0.1) is 0 Å². The molecule has 5 heteroatoms. The van der Waals surface area contributed by atoms with Crippen molar-refractivity contribution in [1.29, 1.82) is 0 Å². The van der Waals surface area contributed by atoms with Gasteiger partial charge in [-0.2, -0.15) is 0 Å². The molecule has 1 aliphatic rings. The second kappa shape index (κ2) is 7.59. The Morgan fingerprint density at radius 2 is 2.17 bits per heavy atom. The molecule has 0 aliphatic carbocycles. The van der Waals surface area contributed by atoms with Crippen LogP contribution < -0.4 is 16.0 Å². The minimum atomic E-state index is -0.420. The molecule has 18 heavy (non-hydrogen) atoms. The average molecular weight is 257 g/mol. The van der Waals surface area contributed by atoms with Crippen molar-refractivity contribution in [1.82, 2.24) is 16.0 Å². The van der Waals surface area contributed by atoms with E-state index in [4.69, 9.17) is 4.74 Å². The number of nitrogens with one attached hydrogen (secondary N) is 3. The van der Waals surface area contributed by atoms with E-state index in [1.54, 1.807) is 0 Å². The summed E-state index contributed by atoms with van der Waals surface area (Å²) < 4.78 is 5.15. The quantitative estimate of drug-likeness (QED) is 0.627. The summed E-state index contributed by atoms with van der Waals surface area (Å²) in [6, 6.07) is 0.629. The fourth-order valence-electron chi connectivity index (χ4n) is 1.93. The van der Waals surface area contributed by atoms with Crippen LogP contribution >= 0.6 is 0 Å². The van der Waals surface area contributed by atoms with Gasteiger partial charge in [0.1, 0.15) is 5.60 Å². The minimum absolute atomic E-state index is 0.333. The highest BCUT2D eigenvalue weighted by Gasteiger charge is 2.15. The van der Waals surface area contributed by atoms with Crippen molar-refractivity contribution in [2.45, 2.75) is 51.7 Å². The Kier molecular flexibility index (Phi) is 6.43. The van der Waals surface area contributed by atoms with Gasteiger partial charge in [0.2, 0.25) is 0 Å². The lowest BCUT2D eigenvalue weighted by molar-refractivity contribution is 0.0527. The zero-order valence-corrected chi connectivity index (χ0v) is 11.8. The first kappa shape index (κ1) is 15.2. The summed E-state index contributed by atoms with van der Waals surface area (Å²) in [5.41, 5.74) is -0.420. The molecule has 0 radical (unpaired) electrons. The van der Waals surface area contributed by atoms with Crippen LogP contribution in [0.3, 0.4) is 0 Å². The van der Waals surface area contributed by atoms with Gasteiger partial charge in [-0.05, 0) is 53.1 Å². The molecule has 0 spiro atoms. The summed E-state index contributed by atoms with van der Waals surface area (Å²) in [4.78, 5) is 11.3. The first-order chi connectivity index (χ1) is 8.47. The monoisotopic (exact) mass is 257 g/mol. The van der Waals surface area contributed by atoms with Gasteiger partial charge in [0.15, 0.2) is 0 Å². The molecule has 1 aliphatic heterocycles. The third kappa shape index (κ3) is 7.50. The second-order valence-electron chi connectivity index (χ2n) is 5.78. The van der Waals surface area contributed by atoms with Crippen molar-refractivity contribution in [2.75, 3.05) is 26.2 Å². The van der Waals surface area contributed by atoms with Crippen LogP contribution in [0.2, 0.25) is 0 Å². The van der Waals surface area contributed by atoms with Crippen LogP contribution in [0.5, 0.6) is 0 Å². The van der Waals surface area contributed by atoms with E-state index in [0.29, 0.717) is 12.6 Å². The normalized spacial score (nSPS) is 19.8. The number of alkyl carbamates (subject to hydrolysis) is 1. The SMILES string of the molecule is CC(C)(C)OC(=O)NCCCNCC1CCCN1. The number of amides is 1. The predicted molar refractivity (Wildman–Crippen MR) is 72.7 cm³/mol. The largest absolute Gasteiger partial charge is 0.444 e. The first-order valence-corrected chi connectivity index (χ1v) is 6.88. The van der Waals surface area contributed by atoms with Crippen molar-refractivity contribution >= 4 is 6.09 Å². The van der Waals surface area contributed by atoms with E-state index in [1.807, 2.05) is 20.8 Å². The molecule has 1 atom stereocenters. The Balaban J connectivity index is 1.90. The molecule has 0 aromatic heterocycles. The van der Waals surface area contributed by atoms with Crippen molar-refractivity contribution in [3.63, 3.8) is 0 Å². The van der Waals surface area contributed by atoms with Gasteiger partial charge in [-0.25, -0.2) is 4.79 Å². The van der Waals surface area contributed by atoms with E-state index in [1.165, 1.54) is 12.8 Å². The lowest BCUT2D eigenvalue weighted by Gasteiger charge is -2.19. The predicted octanol–water partition coefficient (Wildman–Crippen LogP) is 1.24. The van der Waals surface area contributed by atoms with Gasteiger partial charge in [-0.15, -0.1) is 0 Å². The lowest BCUT2D eigenvalue weighted by atomic mass is 10.2. The molecular formula is C13H27N3O2. The number of ether oxygens (including phenoxy) is 1. The molecule has 0 saturated carbocycles. The van der Waals surface area contributed by atoms with E-state index in [0.717, 1.165) is 26.1 Å². The Morgan fingerprint density at radius 1 is 1.39 bits per heavy atom. The van der Waals surface area contributed by atoms with Gasteiger partial charge in [0, 0.05) is 19.1 Å². The molecule has 3 N–H and O–H groups in total. The highest BCUT2D eigenvalue weighted by Crippen LogP contribution is 2.06.